The first kappa shape index (κ1) is 20.0. The maximum Gasteiger partial charge on any atom is 0.251 e. The predicted molar refractivity (Wildman–Crippen MR) is 116 cm³/mol. The molecule has 0 aliphatic heterocycles. The highest BCUT2D eigenvalue weighted by Crippen LogP contribution is 2.19. The van der Waals surface area contributed by atoms with Crippen LogP contribution in [0.3, 0.4) is 0 Å². The fourth-order valence-corrected chi connectivity index (χ4v) is 3.23. The van der Waals surface area contributed by atoms with Gasteiger partial charge in [-0.2, -0.15) is 5.10 Å². The minimum Gasteiger partial charge on any atom is -0.365 e. The largest absolute Gasteiger partial charge is 0.365 e. The molecule has 4 aromatic rings. The average Bonchev–Trinajstić information content (AvgIpc) is 3.17. The number of carbonyl (C=O) groups is 1. The van der Waals surface area contributed by atoms with E-state index in [0.29, 0.717) is 36.7 Å². The summed E-state index contributed by atoms with van der Waals surface area (Å²) < 4.78 is 15.7. The van der Waals surface area contributed by atoms with Gasteiger partial charge in [0.25, 0.3) is 5.91 Å². The van der Waals surface area contributed by atoms with Gasteiger partial charge in [-0.15, -0.1) is 0 Å². The predicted octanol–water partition coefficient (Wildman–Crippen LogP) is 3.77. The summed E-state index contributed by atoms with van der Waals surface area (Å²) in [6.07, 6.45) is 3.16. The molecule has 0 unspecified atom stereocenters. The Morgan fingerprint density at radius 3 is 2.60 bits per heavy atom. The summed E-state index contributed by atoms with van der Waals surface area (Å²) in [4.78, 5) is 20.8. The van der Waals surface area contributed by atoms with Crippen molar-refractivity contribution in [2.75, 3.05) is 11.9 Å². The van der Waals surface area contributed by atoms with E-state index in [1.54, 1.807) is 35.1 Å². The van der Waals surface area contributed by atoms with Crippen molar-refractivity contribution in [2.45, 2.75) is 13.1 Å². The Labute approximate surface area is 180 Å². The Morgan fingerprint density at radius 2 is 1.83 bits per heavy atom. The van der Waals surface area contributed by atoms with Crippen LogP contribution in [-0.2, 0) is 13.1 Å². The molecule has 2 N–H and O–H groups in total. The summed E-state index contributed by atoms with van der Waals surface area (Å²) >= 11 is 3.35. The summed E-state index contributed by atoms with van der Waals surface area (Å²) in [5, 5.41) is 11.3. The molecule has 9 heteroatoms. The van der Waals surface area contributed by atoms with Gasteiger partial charge in [0.15, 0.2) is 5.65 Å². The summed E-state index contributed by atoms with van der Waals surface area (Å²) in [7, 11) is 0. The van der Waals surface area contributed by atoms with Crippen molar-refractivity contribution in [3.8, 4) is 0 Å². The molecule has 0 spiro atoms. The zero-order valence-corrected chi connectivity index (χ0v) is 17.4. The molecule has 0 aliphatic rings. The molecule has 30 heavy (non-hydrogen) atoms. The zero-order chi connectivity index (χ0) is 20.9. The molecule has 2 aromatic heterocycles. The van der Waals surface area contributed by atoms with Crippen molar-refractivity contribution in [3.63, 3.8) is 0 Å². The SMILES string of the molecule is O=C(NCCn1ncc2c(NCc3ccc(F)cc3)ncnc21)c1ccc(Br)cc1. The van der Waals surface area contributed by atoms with E-state index >= 15 is 0 Å². The minimum atomic E-state index is -0.267. The number of benzene rings is 2. The molecule has 0 bridgehead atoms. The maximum absolute atomic E-state index is 13.0. The molecule has 2 aromatic carbocycles. The monoisotopic (exact) mass is 468 g/mol. The number of anilines is 1. The third kappa shape index (κ3) is 4.62. The third-order valence-corrected chi connectivity index (χ3v) is 5.05. The van der Waals surface area contributed by atoms with Gasteiger partial charge < -0.3 is 10.6 Å². The van der Waals surface area contributed by atoms with Crippen LogP contribution in [0.2, 0.25) is 0 Å². The molecule has 0 aliphatic carbocycles. The third-order valence-electron chi connectivity index (χ3n) is 4.52. The topological polar surface area (TPSA) is 84.7 Å². The van der Waals surface area contributed by atoms with Gasteiger partial charge >= 0.3 is 0 Å². The van der Waals surface area contributed by atoms with Crippen LogP contribution in [0.1, 0.15) is 15.9 Å². The number of carbonyl (C=O) groups excluding carboxylic acids is 1. The fourth-order valence-electron chi connectivity index (χ4n) is 2.96. The first-order valence-corrected chi connectivity index (χ1v) is 10.1. The Hall–Kier alpha value is -3.33. The highest BCUT2D eigenvalue weighted by molar-refractivity contribution is 9.10. The van der Waals surface area contributed by atoms with Crippen LogP contribution in [0.15, 0.2) is 65.5 Å². The van der Waals surface area contributed by atoms with Crippen molar-refractivity contribution in [1.82, 2.24) is 25.1 Å². The number of rotatable bonds is 7. The smallest absolute Gasteiger partial charge is 0.251 e. The fraction of sp³-hybridized carbons (Fsp3) is 0.143. The molecule has 0 atom stereocenters. The lowest BCUT2D eigenvalue weighted by molar-refractivity contribution is 0.0952. The number of fused-ring (bicyclic) bond motifs is 1. The van der Waals surface area contributed by atoms with Gasteiger partial charge in [-0.25, -0.2) is 19.0 Å². The second-order valence-corrected chi connectivity index (χ2v) is 7.49. The molecule has 7 nitrogen and oxygen atoms in total. The van der Waals surface area contributed by atoms with Crippen LogP contribution in [0.5, 0.6) is 0 Å². The van der Waals surface area contributed by atoms with E-state index in [4.69, 9.17) is 0 Å². The van der Waals surface area contributed by atoms with E-state index in [0.717, 1.165) is 15.4 Å². The molecule has 0 saturated heterocycles. The van der Waals surface area contributed by atoms with Gasteiger partial charge in [0.05, 0.1) is 18.1 Å². The second-order valence-electron chi connectivity index (χ2n) is 6.57. The molecule has 2 heterocycles. The Kier molecular flexibility index (Phi) is 5.99. The first-order valence-electron chi connectivity index (χ1n) is 9.29. The second kappa shape index (κ2) is 9.00. The van der Waals surface area contributed by atoms with Crippen LogP contribution < -0.4 is 10.6 Å². The standard InChI is InChI=1S/C21H18BrFN6O/c22-16-5-3-15(4-6-16)21(30)24-9-10-29-20-18(12-28-29)19(26-13-27-20)25-11-14-1-7-17(23)8-2-14/h1-8,12-13H,9-11H2,(H,24,30)(H,25,26,27). The van der Waals surface area contributed by atoms with Crippen molar-refractivity contribution >= 4 is 38.7 Å². The van der Waals surface area contributed by atoms with Crippen molar-refractivity contribution in [3.05, 3.63) is 82.5 Å². The van der Waals surface area contributed by atoms with E-state index < -0.39 is 0 Å². The number of nitrogens with one attached hydrogen (secondary N) is 2. The maximum atomic E-state index is 13.0. The normalized spacial score (nSPS) is 10.9. The summed E-state index contributed by atoms with van der Waals surface area (Å²) in [6.45, 7) is 1.38. The number of amides is 1. The minimum absolute atomic E-state index is 0.143. The first-order chi connectivity index (χ1) is 14.6. The molecule has 0 saturated carbocycles. The Balaban J connectivity index is 1.39. The Bertz CT molecular complexity index is 1160. The van der Waals surface area contributed by atoms with E-state index in [-0.39, 0.29) is 11.7 Å². The van der Waals surface area contributed by atoms with Crippen LogP contribution >= 0.6 is 15.9 Å². The van der Waals surface area contributed by atoms with Crippen molar-refractivity contribution < 1.29 is 9.18 Å². The van der Waals surface area contributed by atoms with Gasteiger partial charge in [-0.05, 0) is 42.0 Å². The van der Waals surface area contributed by atoms with Gasteiger partial charge in [-0.3, -0.25) is 4.79 Å². The number of nitrogens with zero attached hydrogens (tertiary/aromatic N) is 4. The van der Waals surface area contributed by atoms with Crippen LogP contribution in [0.4, 0.5) is 10.2 Å². The van der Waals surface area contributed by atoms with Gasteiger partial charge in [-0.1, -0.05) is 28.1 Å². The van der Waals surface area contributed by atoms with Gasteiger partial charge in [0.2, 0.25) is 0 Å². The lowest BCUT2D eigenvalue weighted by atomic mass is 10.2. The molecule has 4 rings (SSSR count). The number of aromatic nitrogens is 4. The summed E-state index contributed by atoms with van der Waals surface area (Å²) in [5.74, 6) is 0.237. The number of halogens is 2. The zero-order valence-electron chi connectivity index (χ0n) is 15.8. The van der Waals surface area contributed by atoms with Crippen LogP contribution in [-0.4, -0.2) is 32.2 Å². The van der Waals surface area contributed by atoms with Crippen LogP contribution in [0.25, 0.3) is 11.0 Å². The summed E-state index contributed by atoms with van der Waals surface area (Å²) in [6, 6.07) is 13.5. The number of hydrogen-bond donors (Lipinski definition) is 2. The molecule has 0 fully saturated rings. The molecular formula is C21H18BrFN6O. The average molecular weight is 469 g/mol. The molecular weight excluding hydrogens is 451 g/mol. The van der Waals surface area contributed by atoms with E-state index in [9.17, 15) is 9.18 Å². The van der Waals surface area contributed by atoms with Gasteiger partial charge in [0.1, 0.15) is 18.0 Å². The quantitative estimate of drug-likeness (QED) is 0.431. The van der Waals surface area contributed by atoms with Gasteiger partial charge in [0, 0.05) is 23.1 Å². The summed E-state index contributed by atoms with van der Waals surface area (Å²) in [5.41, 5.74) is 2.20. The molecule has 0 radical (unpaired) electrons. The van der Waals surface area contributed by atoms with Crippen molar-refractivity contribution in [2.24, 2.45) is 0 Å². The highest BCUT2D eigenvalue weighted by Gasteiger charge is 2.10. The van der Waals surface area contributed by atoms with Crippen LogP contribution in [0, 0.1) is 5.82 Å². The Morgan fingerprint density at radius 1 is 1.07 bits per heavy atom. The van der Waals surface area contributed by atoms with E-state index in [1.807, 2.05) is 12.1 Å². The van der Waals surface area contributed by atoms with E-state index in [1.165, 1.54) is 18.5 Å². The molecule has 1 amide bonds. The lowest BCUT2D eigenvalue weighted by Gasteiger charge is -2.08. The van der Waals surface area contributed by atoms with Crippen molar-refractivity contribution in [1.29, 1.82) is 0 Å². The van der Waals surface area contributed by atoms with E-state index in [2.05, 4.69) is 41.6 Å². The lowest BCUT2D eigenvalue weighted by Crippen LogP contribution is -2.27. The highest BCUT2D eigenvalue weighted by atomic mass is 79.9. The molecule has 152 valence electrons. The number of hydrogen-bond acceptors (Lipinski definition) is 5.